The second-order valence-electron chi connectivity index (χ2n) is 9.06. The fraction of sp³-hybridized carbons (Fsp3) is 0.321. The Labute approximate surface area is 211 Å². The Morgan fingerprint density at radius 2 is 1.72 bits per heavy atom. The van der Waals surface area contributed by atoms with Gasteiger partial charge in [0, 0.05) is 48.0 Å². The highest BCUT2D eigenvalue weighted by Gasteiger charge is 2.14. The zero-order valence-corrected chi connectivity index (χ0v) is 20.9. The summed E-state index contributed by atoms with van der Waals surface area (Å²) >= 11 is 0. The van der Waals surface area contributed by atoms with E-state index in [0.717, 1.165) is 52.6 Å². The maximum absolute atomic E-state index is 6.02. The molecule has 0 radical (unpaired) electrons. The largest absolute Gasteiger partial charge is 0.493 e. The fourth-order valence-corrected chi connectivity index (χ4v) is 4.08. The van der Waals surface area contributed by atoms with Crippen LogP contribution in [0.4, 0.5) is 17.2 Å². The molecule has 0 saturated carbocycles. The Hall–Kier alpha value is -3.91. The molecule has 2 aromatic carbocycles. The number of nitrogens with one attached hydrogen (secondary N) is 1. The van der Waals surface area contributed by atoms with Crippen molar-refractivity contribution in [1.82, 2.24) is 15.0 Å². The molecular formula is C28H31N5O3. The van der Waals surface area contributed by atoms with Crippen molar-refractivity contribution in [2.45, 2.75) is 26.4 Å². The molecule has 1 aliphatic rings. The van der Waals surface area contributed by atoms with E-state index >= 15 is 0 Å². The van der Waals surface area contributed by atoms with Crippen molar-refractivity contribution in [3.8, 4) is 11.5 Å². The number of morpholine rings is 1. The van der Waals surface area contributed by atoms with Gasteiger partial charge < -0.3 is 24.4 Å². The molecule has 0 bridgehead atoms. The minimum Gasteiger partial charge on any atom is -0.493 e. The third-order valence-electron chi connectivity index (χ3n) is 6.15. The fourth-order valence-electron chi connectivity index (χ4n) is 4.08. The zero-order valence-electron chi connectivity index (χ0n) is 20.9. The number of methoxy groups -OCH3 is 1. The van der Waals surface area contributed by atoms with Crippen LogP contribution in [0, 0.1) is 0 Å². The summed E-state index contributed by atoms with van der Waals surface area (Å²) in [5.74, 6) is 2.61. The van der Waals surface area contributed by atoms with Gasteiger partial charge in [-0.3, -0.25) is 9.97 Å². The van der Waals surface area contributed by atoms with Crippen molar-refractivity contribution in [3.05, 3.63) is 72.2 Å². The molecule has 8 heteroatoms. The third kappa shape index (κ3) is 5.49. The number of aromatic nitrogens is 3. The average molecular weight is 486 g/mol. The first-order chi connectivity index (χ1) is 17.6. The summed E-state index contributed by atoms with van der Waals surface area (Å²) in [6, 6.07) is 15.9. The first-order valence-corrected chi connectivity index (χ1v) is 12.2. The molecular weight excluding hydrogens is 454 g/mol. The van der Waals surface area contributed by atoms with Crippen LogP contribution in [-0.4, -0.2) is 48.4 Å². The number of fused-ring (bicyclic) bond motifs is 1. The van der Waals surface area contributed by atoms with E-state index in [2.05, 4.69) is 40.1 Å². The molecule has 0 unspecified atom stereocenters. The lowest BCUT2D eigenvalue weighted by Crippen LogP contribution is -2.36. The van der Waals surface area contributed by atoms with Crippen LogP contribution in [0.1, 0.15) is 31.0 Å². The Bertz CT molecular complexity index is 1320. The first kappa shape index (κ1) is 23.8. The lowest BCUT2D eigenvalue weighted by Gasteiger charge is -2.27. The molecule has 2 aromatic heterocycles. The van der Waals surface area contributed by atoms with E-state index in [1.807, 2.05) is 54.9 Å². The van der Waals surface area contributed by atoms with Crippen LogP contribution in [0.2, 0.25) is 0 Å². The second-order valence-corrected chi connectivity index (χ2v) is 9.06. The van der Waals surface area contributed by atoms with Crippen LogP contribution in [0.3, 0.4) is 0 Å². The number of pyridine rings is 1. The van der Waals surface area contributed by atoms with Crippen molar-refractivity contribution in [1.29, 1.82) is 0 Å². The molecule has 5 rings (SSSR count). The molecule has 0 amide bonds. The molecule has 36 heavy (non-hydrogen) atoms. The summed E-state index contributed by atoms with van der Waals surface area (Å²) in [5, 5.41) is 3.44. The van der Waals surface area contributed by atoms with Gasteiger partial charge in [0.05, 0.1) is 37.6 Å². The number of ether oxygens (including phenoxy) is 3. The molecule has 8 nitrogen and oxygen atoms in total. The highest BCUT2D eigenvalue weighted by atomic mass is 16.5. The number of anilines is 3. The van der Waals surface area contributed by atoms with Gasteiger partial charge in [0.25, 0.3) is 0 Å². The number of hydrogen-bond acceptors (Lipinski definition) is 8. The number of rotatable bonds is 8. The number of hydrogen-bond donors (Lipinski definition) is 1. The molecule has 1 aliphatic heterocycles. The van der Waals surface area contributed by atoms with Crippen LogP contribution in [0.15, 0.2) is 60.9 Å². The Kier molecular flexibility index (Phi) is 7.13. The van der Waals surface area contributed by atoms with E-state index in [1.54, 1.807) is 7.11 Å². The van der Waals surface area contributed by atoms with E-state index in [-0.39, 0.29) is 0 Å². The highest BCUT2D eigenvalue weighted by Crippen LogP contribution is 2.32. The van der Waals surface area contributed by atoms with E-state index in [1.165, 1.54) is 0 Å². The monoisotopic (exact) mass is 485 g/mol. The van der Waals surface area contributed by atoms with Crippen molar-refractivity contribution < 1.29 is 14.2 Å². The zero-order chi connectivity index (χ0) is 24.9. The van der Waals surface area contributed by atoms with Gasteiger partial charge >= 0.3 is 0 Å². The second kappa shape index (κ2) is 10.8. The summed E-state index contributed by atoms with van der Waals surface area (Å²) < 4.78 is 17.1. The minimum absolute atomic E-state index is 0.404. The molecule has 1 fully saturated rings. The van der Waals surface area contributed by atoms with E-state index in [4.69, 9.17) is 19.2 Å². The first-order valence-electron chi connectivity index (χ1n) is 12.2. The molecule has 1 N–H and O–H groups in total. The van der Waals surface area contributed by atoms with E-state index in [9.17, 15) is 0 Å². The van der Waals surface area contributed by atoms with Crippen molar-refractivity contribution in [2.24, 2.45) is 0 Å². The predicted octanol–water partition coefficient (Wildman–Crippen LogP) is 5.32. The van der Waals surface area contributed by atoms with Gasteiger partial charge in [-0.2, -0.15) is 0 Å². The number of benzene rings is 2. The van der Waals surface area contributed by atoms with Crippen molar-refractivity contribution in [2.75, 3.05) is 43.6 Å². The normalized spacial score (nSPS) is 13.7. The topological polar surface area (TPSA) is 81.6 Å². The summed E-state index contributed by atoms with van der Waals surface area (Å²) in [6.45, 7) is 7.76. The van der Waals surface area contributed by atoms with Crippen LogP contribution < -0.4 is 19.7 Å². The Morgan fingerprint density at radius 1 is 0.917 bits per heavy atom. The number of nitrogens with zero attached hydrogens (tertiary/aromatic N) is 4. The predicted molar refractivity (Wildman–Crippen MR) is 142 cm³/mol. The molecule has 0 spiro atoms. The smallest absolute Gasteiger partial charge is 0.162 e. The average Bonchev–Trinajstić information content (AvgIpc) is 2.92. The van der Waals surface area contributed by atoms with Gasteiger partial charge in [-0.1, -0.05) is 19.9 Å². The van der Waals surface area contributed by atoms with Crippen molar-refractivity contribution >= 4 is 28.2 Å². The maximum atomic E-state index is 6.02. The summed E-state index contributed by atoms with van der Waals surface area (Å²) in [5.41, 5.74) is 5.59. The van der Waals surface area contributed by atoms with Crippen LogP contribution in [-0.2, 0) is 11.3 Å². The molecule has 186 valence electrons. The lowest BCUT2D eigenvalue weighted by molar-refractivity contribution is 0.122. The SMILES string of the molecule is COc1cc(Nc2ccc3ncc(N4CCOCC4)nc3c2)ccc1OCc1ccc(C(C)C)nc1. The van der Waals surface area contributed by atoms with Crippen LogP contribution in [0.5, 0.6) is 11.5 Å². The van der Waals surface area contributed by atoms with Gasteiger partial charge in [-0.25, -0.2) is 4.98 Å². The van der Waals surface area contributed by atoms with Gasteiger partial charge in [0.1, 0.15) is 12.4 Å². The van der Waals surface area contributed by atoms with Gasteiger partial charge in [-0.15, -0.1) is 0 Å². The molecule has 0 aliphatic carbocycles. The minimum atomic E-state index is 0.404. The van der Waals surface area contributed by atoms with E-state index in [0.29, 0.717) is 37.2 Å². The molecule has 0 atom stereocenters. The van der Waals surface area contributed by atoms with Crippen LogP contribution >= 0.6 is 0 Å². The molecule has 1 saturated heterocycles. The lowest BCUT2D eigenvalue weighted by atomic mass is 10.1. The van der Waals surface area contributed by atoms with Gasteiger partial charge in [-0.05, 0) is 42.3 Å². The molecule has 3 heterocycles. The Morgan fingerprint density at radius 3 is 2.47 bits per heavy atom. The van der Waals surface area contributed by atoms with Crippen LogP contribution in [0.25, 0.3) is 11.0 Å². The Balaban J connectivity index is 1.29. The molecule has 4 aromatic rings. The maximum Gasteiger partial charge on any atom is 0.162 e. The van der Waals surface area contributed by atoms with Gasteiger partial charge in [0.15, 0.2) is 11.5 Å². The third-order valence-corrected chi connectivity index (χ3v) is 6.15. The quantitative estimate of drug-likeness (QED) is 0.359. The summed E-state index contributed by atoms with van der Waals surface area (Å²) in [4.78, 5) is 16.1. The van der Waals surface area contributed by atoms with Gasteiger partial charge in [0.2, 0.25) is 0 Å². The summed E-state index contributed by atoms with van der Waals surface area (Å²) in [6.07, 6.45) is 3.70. The van der Waals surface area contributed by atoms with E-state index < -0.39 is 0 Å². The highest BCUT2D eigenvalue weighted by molar-refractivity contribution is 5.81. The van der Waals surface area contributed by atoms with Crippen molar-refractivity contribution in [3.63, 3.8) is 0 Å². The summed E-state index contributed by atoms with van der Waals surface area (Å²) in [7, 11) is 1.64. The standard InChI is InChI=1S/C28H31N5O3/c1-19(2)23-7-4-20(16-29-23)18-36-26-9-6-22(15-27(26)34-3)31-21-5-8-24-25(14-21)32-28(17-30-24)33-10-12-35-13-11-33/h4-9,14-17,19,31H,10-13,18H2,1-3H3.